The van der Waals surface area contributed by atoms with Crippen LogP contribution >= 0.6 is 0 Å². The Balaban J connectivity index is 2.02. The highest BCUT2D eigenvalue weighted by molar-refractivity contribution is 5.80. The highest BCUT2D eigenvalue weighted by Gasteiger charge is 2.47. The summed E-state index contributed by atoms with van der Waals surface area (Å²) in [4.78, 5) is 28.3. The van der Waals surface area contributed by atoms with E-state index >= 15 is 0 Å². The average molecular weight is 348 g/mol. The number of halogens is 1. The molecule has 25 heavy (non-hydrogen) atoms. The molecule has 0 saturated carbocycles. The molecule has 3 rings (SSSR count). The Morgan fingerprint density at radius 2 is 2.00 bits per heavy atom. The molecule has 2 fully saturated rings. The van der Waals surface area contributed by atoms with Gasteiger partial charge in [0.2, 0.25) is 5.91 Å². The van der Waals surface area contributed by atoms with Crippen LogP contribution in [-0.4, -0.2) is 46.5 Å². The summed E-state index contributed by atoms with van der Waals surface area (Å²) in [5, 5.41) is 0. The van der Waals surface area contributed by atoms with Gasteiger partial charge in [0, 0.05) is 25.1 Å². The number of ether oxygens (including phenoxy) is 1. The lowest BCUT2D eigenvalue weighted by Gasteiger charge is -2.45. The molecule has 0 bridgehead atoms. The first kappa shape index (κ1) is 17.7. The van der Waals surface area contributed by atoms with Crippen LogP contribution in [0.5, 0.6) is 0 Å². The van der Waals surface area contributed by atoms with Crippen LogP contribution in [0.1, 0.15) is 50.8 Å². The zero-order chi connectivity index (χ0) is 18.4. The zero-order valence-corrected chi connectivity index (χ0v) is 15.2. The van der Waals surface area contributed by atoms with Gasteiger partial charge in [0.1, 0.15) is 11.4 Å². The van der Waals surface area contributed by atoms with E-state index in [1.54, 1.807) is 15.9 Å². The van der Waals surface area contributed by atoms with Crippen LogP contribution in [0.25, 0.3) is 0 Å². The van der Waals surface area contributed by atoms with Crippen LogP contribution in [0.15, 0.2) is 18.2 Å². The third-order valence-electron chi connectivity index (χ3n) is 4.85. The lowest BCUT2D eigenvalue weighted by molar-refractivity contribution is -0.132. The van der Waals surface area contributed by atoms with Gasteiger partial charge in [-0.25, -0.2) is 9.18 Å². The van der Waals surface area contributed by atoms with Crippen LogP contribution in [0, 0.1) is 12.7 Å². The molecule has 2 aliphatic heterocycles. The normalized spacial score (nSPS) is 23.6. The number of benzene rings is 1. The second kappa shape index (κ2) is 6.32. The van der Waals surface area contributed by atoms with Crippen LogP contribution in [0.4, 0.5) is 9.18 Å². The molecule has 0 aliphatic carbocycles. The summed E-state index contributed by atoms with van der Waals surface area (Å²) in [6.45, 7) is 8.07. The lowest BCUT2D eigenvalue weighted by Crippen LogP contribution is -2.56. The predicted molar refractivity (Wildman–Crippen MR) is 91.6 cm³/mol. The molecule has 5 nitrogen and oxygen atoms in total. The van der Waals surface area contributed by atoms with E-state index in [1.807, 2.05) is 33.8 Å². The standard InChI is InChI=1S/C19H25FN2O3/c1-12-6-5-7-13(20)16(12)17-14-8-9-15(23)21(14)10-11-22(17)18(24)25-19(2,3)4/h5-7,14,17H,8-11H2,1-4H3. The lowest BCUT2D eigenvalue weighted by atomic mass is 9.90. The summed E-state index contributed by atoms with van der Waals surface area (Å²) in [6, 6.07) is 4.18. The molecule has 2 heterocycles. The Kier molecular flexibility index (Phi) is 4.47. The number of nitrogens with zero attached hydrogens (tertiary/aromatic N) is 2. The maximum atomic E-state index is 14.7. The van der Waals surface area contributed by atoms with E-state index in [0.717, 1.165) is 5.56 Å². The summed E-state index contributed by atoms with van der Waals surface area (Å²) in [5.74, 6) is -0.271. The number of amides is 2. The van der Waals surface area contributed by atoms with Crippen molar-refractivity contribution < 1.29 is 18.7 Å². The summed E-state index contributed by atoms with van der Waals surface area (Å²) < 4.78 is 20.2. The zero-order valence-electron chi connectivity index (χ0n) is 15.2. The molecule has 2 amide bonds. The van der Waals surface area contributed by atoms with E-state index in [1.165, 1.54) is 6.07 Å². The summed E-state index contributed by atoms with van der Waals surface area (Å²) in [5.41, 5.74) is 0.631. The molecule has 2 unspecified atom stereocenters. The van der Waals surface area contributed by atoms with Crippen molar-refractivity contribution in [1.82, 2.24) is 9.80 Å². The summed E-state index contributed by atoms with van der Waals surface area (Å²) >= 11 is 0. The minimum atomic E-state index is -0.630. The Morgan fingerprint density at radius 3 is 2.64 bits per heavy atom. The number of piperazine rings is 1. The fourth-order valence-electron chi connectivity index (χ4n) is 3.83. The molecule has 136 valence electrons. The molecule has 2 aliphatic rings. The highest BCUT2D eigenvalue weighted by Crippen LogP contribution is 2.40. The average Bonchev–Trinajstić information content (AvgIpc) is 2.87. The van der Waals surface area contributed by atoms with Gasteiger partial charge in [0.25, 0.3) is 0 Å². The van der Waals surface area contributed by atoms with Crippen molar-refractivity contribution in [2.75, 3.05) is 13.1 Å². The van der Waals surface area contributed by atoms with Gasteiger partial charge in [-0.05, 0) is 45.7 Å². The van der Waals surface area contributed by atoms with Crippen LogP contribution in [-0.2, 0) is 9.53 Å². The third-order valence-corrected chi connectivity index (χ3v) is 4.85. The number of rotatable bonds is 1. The van der Waals surface area contributed by atoms with E-state index in [9.17, 15) is 14.0 Å². The Bertz CT molecular complexity index is 678. The number of fused-ring (bicyclic) bond motifs is 1. The van der Waals surface area contributed by atoms with Crippen molar-refractivity contribution in [3.05, 3.63) is 35.1 Å². The van der Waals surface area contributed by atoms with Crippen molar-refractivity contribution in [1.29, 1.82) is 0 Å². The van der Waals surface area contributed by atoms with E-state index in [-0.39, 0.29) is 17.8 Å². The molecule has 1 aromatic rings. The maximum absolute atomic E-state index is 14.7. The van der Waals surface area contributed by atoms with Crippen molar-refractivity contribution in [2.45, 2.75) is 58.2 Å². The molecular weight excluding hydrogens is 323 g/mol. The first-order chi connectivity index (χ1) is 11.7. The van der Waals surface area contributed by atoms with Gasteiger partial charge in [-0.1, -0.05) is 12.1 Å². The first-order valence-electron chi connectivity index (χ1n) is 8.73. The molecule has 6 heteroatoms. The van der Waals surface area contributed by atoms with Gasteiger partial charge < -0.3 is 9.64 Å². The summed E-state index contributed by atoms with van der Waals surface area (Å²) in [7, 11) is 0. The number of hydrogen-bond donors (Lipinski definition) is 0. The second-order valence-corrected chi connectivity index (χ2v) is 7.78. The smallest absolute Gasteiger partial charge is 0.410 e. The van der Waals surface area contributed by atoms with E-state index in [4.69, 9.17) is 4.74 Å². The number of carbonyl (C=O) groups is 2. The van der Waals surface area contributed by atoms with Crippen LogP contribution in [0.2, 0.25) is 0 Å². The second-order valence-electron chi connectivity index (χ2n) is 7.78. The minimum Gasteiger partial charge on any atom is -0.444 e. The Morgan fingerprint density at radius 1 is 1.28 bits per heavy atom. The molecule has 0 aromatic heterocycles. The molecule has 1 aromatic carbocycles. The van der Waals surface area contributed by atoms with Crippen molar-refractivity contribution in [3.63, 3.8) is 0 Å². The maximum Gasteiger partial charge on any atom is 0.410 e. The monoisotopic (exact) mass is 348 g/mol. The van der Waals surface area contributed by atoms with Gasteiger partial charge >= 0.3 is 6.09 Å². The van der Waals surface area contributed by atoms with Gasteiger partial charge in [-0.15, -0.1) is 0 Å². The minimum absolute atomic E-state index is 0.0767. The predicted octanol–water partition coefficient (Wildman–Crippen LogP) is 3.42. The van der Waals surface area contributed by atoms with E-state index < -0.39 is 17.7 Å². The van der Waals surface area contributed by atoms with Crippen LogP contribution in [0.3, 0.4) is 0 Å². The van der Waals surface area contributed by atoms with E-state index in [2.05, 4.69) is 0 Å². The van der Waals surface area contributed by atoms with Crippen molar-refractivity contribution >= 4 is 12.0 Å². The molecular formula is C19H25FN2O3. The molecule has 0 N–H and O–H groups in total. The first-order valence-corrected chi connectivity index (χ1v) is 8.73. The summed E-state index contributed by atoms with van der Waals surface area (Å²) in [6.07, 6.45) is 0.604. The largest absolute Gasteiger partial charge is 0.444 e. The quantitative estimate of drug-likeness (QED) is 0.781. The van der Waals surface area contributed by atoms with Crippen molar-refractivity contribution in [3.8, 4) is 0 Å². The number of aryl methyl sites for hydroxylation is 1. The molecule has 2 atom stereocenters. The van der Waals surface area contributed by atoms with Gasteiger partial charge in [0.05, 0.1) is 12.1 Å². The Labute approximate surface area is 147 Å². The highest BCUT2D eigenvalue weighted by atomic mass is 19.1. The van der Waals surface area contributed by atoms with E-state index in [0.29, 0.717) is 31.5 Å². The topological polar surface area (TPSA) is 49.9 Å². The molecule has 2 saturated heterocycles. The van der Waals surface area contributed by atoms with Crippen LogP contribution < -0.4 is 0 Å². The van der Waals surface area contributed by atoms with Gasteiger partial charge in [0.15, 0.2) is 0 Å². The molecule has 0 radical (unpaired) electrons. The fraction of sp³-hybridized carbons (Fsp3) is 0.579. The number of hydrogen-bond acceptors (Lipinski definition) is 3. The van der Waals surface area contributed by atoms with Gasteiger partial charge in [-0.3, -0.25) is 9.69 Å². The van der Waals surface area contributed by atoms with Gasteiger partial charge in [-0.2, -0.15) is 0 Å². The third kappa shape index (κ3) is 3.34. The Hall–Kier alpha value is -2.11. The fourth-order valence-corrected chi connectivity index (χ4v) is 3.83. The van der Waals surface area contributed by atoms with Crippen molar-refractivity contribution in [2.24, 2.45) is 0 Å². The SMILES string of the molecule is Cc1cccc(F)c1C1C2CCC(=O)N2CCN1C(=O)OC(C)(C)C. The molecule has 0 spiro atoms. The number of carbonyl (C=O) groups excluding carboxylic acids is 2.